The molecule has 0 radical (unpaired) electrons. The Balaban J connectivity index is 1.49. The number of hydrogen-bond donors (Lipinski definition) is 1. The zero-order chi connectivity index (χ0) is 25.6. The molecule has 0 saturated carbocycles. The van der Waals surface area contributed by atoms with Crippen molar-refractivity contribution >= 4 is 33.7 Å². The molecule has 1 N–H and O–H groups in total. The van der Waals surface area contributed by atoms with E-state index < -0.39 is 0 Å². The Hall–Kier alpha value is -3.68. The van der Waals surface area contributed by atoms with Crippen LogP contribution in [0.1, 0.15) is 51.8 Å². The molecule has 2 aromatic heterocycles. The summed E-state index contributed by atoms with van der Waals surface area (Å²) in [5.41, 5.74) is 2.27. The molecule has 0 spiro atoms. The molecule has 0 aliphatic carbocycles. The van der Waals surface area contributed by atoms with Crippen LogP contribution in [0.15, 0.2) is 47.0 Å². The highest BCUT2D eigenvalue weighted by Gasteiger charge is 2.25. The number of carbonyl (C=O) groups is 1. The van der Waals surface area contributed by atoms with Crippen molar-refractivity contribution < 1.29 is 9.32 Å². The Labute approximate surface area is 218 Å². The number of carbonyl (C=O) groups excluding carboxylic acids is 1. The maximum atomic E-state index is 12.7. The van der Waals surface area contributed by atoms with Gasteiger partial charge in [-0.2, -0.15) is 4.98 Å². The lowest BCUT2D eigenvalue weighted by Gasteiger charge is -2.24. The molecule has 0 unspecified atom stereocenters. The number of rotatable bonds is 8. The van der Waals surface area contributed by atoms with Crippen molar-refractivity contribution in [1.29, 1.82) is 0 Å². The van der Waals surface area contributed by atoms with E-state index in [-0.39, 0.29) is 6.03 Å². The highest BCUT2D eigenvalue weighted by Crippen LogP contribution is 2.35. The lowest BCUT2D eigenvalue weighted by Crippen LogP contribution is -2.42. The molecule has 3 heterocycles. The van der Waals surface area contributed by atoms with E-state index in [1.165, 1.54) is 5.39 Å². The third-order valence-corrected chi connectivity index (χ3v) is 7.03. The predicted octanol–water partition coefficient (Wildman–Crippen LogP) is 5.80. The summed E-state index contributed by atoms with van der Waals surface area (Å²) < 4.78 is 5.81. The Kier molecular flexibility index (Phi) is 7.82. The number of urea groups is 1. The highest BCUT2D eigenvalue weighted by atomic mass is 16.5. The van der Waals surface area contributed by atoms with Crippen molar-refractivity contribution in [2.24, 2.45) is 0 Å². The Morgan fingerprint density at radius 2 is 1.81 bits per heavy atom. The van der Waals surface area contributed by atoms with Crippen molar-refractivity contribution in [1.82, 2.24) is 25.3 Å². The molecule has 1 fully saturated rings. The molecular formula is C29H36N6O2. The van der Waals surface area contributed by atoms with Gasteiger partial charge in [0.2, 0.25) is 0 Å². The van der Waals surface area contributed by atoms with Gasteiger partial charge >= 0.3 is 6.03 Å². The normalized spacial score (nSPS) is 14.3. The van der Waals surface area contributed by atoms with Crippen LogP contribution < -0.4 is 10.2 Å². The monoisotopic (exact) mass is 500 g/mol. The average Bonchev–Trinajstić information content (AvgIpc) is 3.20. The lowest BCUT2D eigenvalue weighted by atomic mass is 10.0. The van der Waals surface area contributed by atoms with Gasteiger partial charge in [-0.05, 0) is 36.1 Å². The van der Waals surface area contributed by atoms with Crippen molar-refractivity contribution in [3.63, 3.8) is 0 Å². The van der Waals surface area contributed by atoms with Crippen molar-refractivity contribution in [2.45, 2.75) is 52.4 Å². The van der Waals surface area contributed by atoms with Gasteiger partial charge in [0.05, 0.1) is 0 Å². The fourth-order valence-electron chi connectivity index (χ4n) is 4.91. The first kappa shape index (κ1) is 25.0. The molecule has 8 heteroatoms. The number of benzene rings is 2. The van der Waals surface area contributed by atoms with Gasteiger partial charge in [-0.1, -0.05) is 68.2 Å². The Morgan fingerprint density at radius 1 is 0.973 bits per heavy atom. The molecule has 1 aliphatic heterocycles. The van der Waals surface area contributed by atoms with Gasteiger partial charge in [0.15, 0.2) is 0 Å². The van der Waals surface area contributed by atoms with Gasteiger partial charge in [0.25, 0.3) is 5.71 Å². The lowest BCUT2D eigenvalue weighted by molar-refractivity contribution is 0.201. The first-order valence-electron chi connectivity index (χ1n) is 13.6. The summed E-state index contributed by atoms with van der Waals surface area (Å²) in [4.78, 5) is 26.7. The molecule has 1 saturated heterocycles. The van der Waals surface area contributed by atoms with Crippen molar-refractivity contribution in [3.05, 3.63) is 48.3 Å². The van der Waals surface area contributed by atoms with Crippen LogP contribution in [0.3, 0.4) is 0 Å². The summed E-state index contributed by atoms with van der Waals surface area (Å²) in [6, 6.07) is 14.7. The van der Waals surface area contributed by atoms with E-state index in [9.17, 15) is 4.79 Å². The van der Waals surface area contributed by atoms with E-state index in [0.717, 1.165) is 91.8 Å². The molecular weight excluding hydrogens is 464 g/mol. The van der Waals surface area contributed by atoms with Gasteiger partial charge in [0.1, 0.15) is 22.7 Å². The number of nitrogens with zero attached hydrogens (tertiary/aromatic N) is 5. The van der Waals surface area contributed by atoms with Crippen LogP contribution in [0.2, 0.25) is 0 Å². The van der Waals surface area contributed by atoms with Gasteiger partial charge in [-0.25, -0.2) is 9.78 Å². The quantitative estimate of drug-likeness (QED) is 0.308. The minimum absolute atomic E-state index is 0.0219. The summed E-state index contributed by atoms with van der Waals surface area (Å²) >= 11 is 0. The van der Waals surface area contributed by atoms with Crippen LogP contribution in [0, 0.1) is 0 Å². The van der Waals surface area contributed by atoms with Gasteiger partial charge in [-0.3, -0.25) is 0 Å². The molecule has 5 rings (SSSR count). The van der Waals surface area contributed by atoms with E-state index in [1.807, 2.05) is 17.0 Å². The Bertz CT molecular complexity index is 1370. The standard InChI is InChI=1S/C29H36N6O2/c1-3-5-12-24-31-27(34-16-9-17-35(19-18-34)29(36)30-15-6-4-2)25-26(33-37-28(25)32-24)23-14-13-21-10-7-8-11-22(21)20-23/h7-8,10-11,13-14,20H,3-6,9,12,15-19H2,1-2H3,(H,30,36). The van der Waals surface area contributed by atoms with Crippen LogP contribution in [-0.2, 0) is 6.42 Å². The number of amides is 2. The zero-order valence-corrected chi connectivity index (χ0v) is 21.9. The average molecular weight is 501 g/mol. The van der Waals surface area contributed by atoms with E-state index >= 15 is 0 Å². The molecule has 2 aromatic carbocycles. The number of fused-ring (bicyclic) bond motifs is 2. The predicted molar refractivity (Wildman–Crippen MR) is 148 cm³/mol. The minimum atomic E-state index is 0.0219. The zero-order valence-electron chi connectivity index (χ0n) is 21.9. The van der Waals surface area contributed by atoms with Crippen molar-refractivity contribution in [2.75, 3.05) is 37.6 Å². The molecule has 37 heavy (non-hydrogen) atoms. The fraction of sp³-hybridized carbons (Fsp3) is 0.448. The second-order valence-corrected chi connectivity index (χ2v) is 9.75. The topological polar surface area (TPSA) is 87.4 Å². The fourth-order valence-corrected chi connectivity index (χ4v) is 4.91. The summed E-state index contributed by atoms with van der Waals surface area (Å²) in [6.07, 6.45) is 5.81. The minimum Gasteiger partial charge on any atom is -0.354 e. The second-order valence-electron chi connectivity index (χ2n) is 9.75. The number of anilines is 1. The molecule has 2 amide bonds. The molecule has 194 valence electrons. The van der Waals surface area contributed by atoms with Gasteiger partial charge < -0.3 is 19.6 Å². The summed E-state index contributed by atoms with van der Waals surface area (Å²) in [5, 5.41) is 10.7. The summed E-state index contributed by atoms with van der Waals surface area (Å²) in [6.45, 7) is 7.89. The molecule has 1 aliphatic rings. The SMILES string of the molecule is CCCCNC(=O)N1CCCN(c2nc(CCCC)nc3onc(-c4ccc5ccccc5c4)c23)CC1. The van der Waals surface area contributed by atoms with E-state index in [4.69, 9.17) is 14.5 Å². The van der Waals surface area contributed by atoms with Crippen LogP contribution in [-0.4, -0.2) is 58.8 Å². The van der Waals surface area contributed by atoms with Gasteiger partial charge in [-0.15, -0.1) is 0 Å². The van der Waals surface area contributed by atoms with Gasteiger partial charge in [0, 0.05) is 44.7 Å². The van der Waals surface area contributed by atoms with E-state index in [1.54, 1.807) is 0 Å². The van der Waals surface area contributed by atoms with Crippen LogP contribution in [0.5, 0.6) is 0 Å². The number of unbranched alkanes of at least 4 members (excludes halogenated alkanes) is 2. The second kappa shape index (κ2) is 11.6. The third-order valence-electron chi connectivity index (χ3n) is 7.03. The van der Waals surface area contributed by atoms with Crippen LogP contribution in [0.4, 0.5) is 10.6 Å². The first-order valence-corrected chi connectivity index (χ1v) is 13.6. The number of hydrogen-bond acceptors (Lipinski definition) is 6. The van der Waals surface area contributed by atoms with Crippen LogP contribution >= 0.6 is 0 Å². The maximum Gasteiger partial charge on any atom is 0.317 e. The van der Waals surface area contributed by atoms with E-state index in [0.29, 0.717) is 18.8 Å². The Morgan fingerprint density at radius 3 is 2.65 bits per heavy atom. The molecule has 0 atom stereocenters. The van der Waals surface area contributed by atoms with E-state index in [2.05, 4.69) is 59.6 Å². The third kappa shape index (κ3) is 5.53. The van der Waals surface area contributed by atoms with Crippen molar-refractivity contribution in [3.8, 4) is 11.3 Å². The maximum absolute atomic E-state index is 12.7. The van der Waals surface area contributed by atoms with Crippen LogP contribution in [0.25, 0.3) is 33.1 Å². The number of aromatic nitrogens is 3. The molecule has 4 aromatic rings. The number of aryl methyl sites for hydroxylation is 1. The molecule has 8 nitrogen and oxygen atoms in total. The summed E-state index contributed by atoms with van der Waals surface area (Å²) in [7, 11) is 0. The largest absolute Gasteiger partial charge is 0.354 e. The summed E-state index contributed by atoms with van der Waals surface area (Å²) in [5.74, 6) is 1.64. The number of nitrogens with one attached hydrogen (secondary N) is 1. The first-order chi connectivity index (χ1) is 18.2. The highest BCUT2D eigenvalue weighted by molar-refractivity contribution is 6.00. The smallest absolute Gasteiger partial charge is 0.317 e. The molecule has 0 bridgehead atoms.